The van der Waals surface area contributed by atoms with Gasteiger partial charge in [0.1, 0.15) is 4.21 Å². The van der Waals surface area contributed by atoms with Crippen LogP contribution in [0.3, 0.4) is 0 Å². The maximum absolute atomic E-state index is 12.0. The van der Waals surface area contributed by atoms with Crippen LogP contribution in [0.1, 0.15) is 11.8 Å². The number of thiophene rings is 1. The maximum atomic E-state index is 12.0. The van der Waals surface area contributed by atoms with Crippen LogP contribution in [0.2, 0.25) is 0 Å². The lowest BCUT2D eigenvalue weighted by molar-refractivity contribution is 0.181. The van der Waals surface area contributed by atoms with Crippen molar-refractivity contribution in [3.05, 3.63) is 17.0 Å². The van der Waals surface area contributed by atoms with Crippen molar-refractivity contribution < 1.29 is 13.2 Å². The number of hydrogen-bond acceptors (Lipinski definition) is 4. The van der Waals surface area contributed by atoms with E-state index in [1.165, 1.54) is 18.4 Å². The minimum atomic E-state index is -3.48. The van der Waals surface area contributed by atoms with Crippen LogP contribution in [0.5, 0.6) is 0 Å². The predicted octanol–water partition coefficient (Wildman–Crippen LogP) is 1.84. The number of halogens is 1. The lowest BCUT2D eigenvalue weighted by Crippen LogP contribution is -2.38. The third-order valence-corrected chi connectivity index (χ3v) is 5.74. The van der Waals surface area contributed by atoms with Crippen molar-refractivity contribution in [2.75, 3.05) is 19.6 Å². The van der Waals surface area contributed by atoms with Gasteiger partial charge in [0.25, 0.3) is 0 Å². The Morgan fingerprint density at radius 3 is 2.71 bits per heavy atom. The smallest absolute Gasteiger partial charge is 0.250 e. The Bertz CT molecular complexity index is 444. The Kier molecular flexibility index (Phi) is 5.88. The lowest BCUT2D eigenvalue weighted by Gasteiger charge is -2.14. The summed E-state index contributed by atoms with van der Waals surface area (Å²) in [5.74, 6) is 0.180. The van der Waals surface area contributed by atoms with Gasteiger partial charge in [-0.3, -0.25) is 0 Å². The summed E-state index contributed by atoms with van der Waals surface area (Å²) in [6, 6.07) is 3.04. The van der Waals surface area contributed by atoms with Gasteiger partial charge in [-0.05, 0) is 18.6 Å². The number of alkyl halides is 1. The first-order chi connectivity index (χ1) is 8.03. The van der Waals surface area contributed by atoms with E-state index in [9.17, 15) is 8.42 Å². The zero-order valence-corrected chi connectivity index (χ0v) is 12.2. The molecule has 1 aromatic rings. The third-order valence-electron chi connectivity index (χ3n) is 2.13. The quantitative estimate of drug-likeness (QED) is 0.781. The van der Waals surface area contributed by atoms with E-state index in [4.69, 9.17) is 16.3 Å². The first kappa shape index (κ1) is 14.9. The SMILES string of the molecule is CCc1ccc(S(=O)(=O)NC(CCl)COC)s1. The van der Waals surface area contributed by atoms with Crippen molar-refractivity contribution in [2.45, 2.75) is 23.6 Å². The maximum Gasteiger partial charge on any atom is 0.250 e. The standard InChI is InChI=1S/C10H16ClNO3S2/c1-3-9-4-5-10(16-9)17(13,14)12-8(6-11)7-15-2/h4-5,8,12H,3,6-7H2,1-2H3. The molecule has 0 amide bonds. The summed E-state index contributed by atoms with van der Waals surface area (Å²) < 4.78 is 31.7. The van der Waals surface area contributed by atoms with Crippen LogP contribution in [-0.4, -0.2) is 34.1 Å². The molecule has 0 spiro atoms. The molecule has 98 valence electrons. The van der Waals surface area contributed by atoms with Gasteiger partial charge in [-0.15, -0.1) is 22.9 Å². The van der Waals surface area contributed by atoms with Crippen molar-refractivity contribution >= 4 is 33.0 Å². The molecule has 0 aliphatic rings. The van der Waals surface area contributed by atoms with Crippen molar-refractivity contribution in [2.24, 2.45) is 0 Å². The van der Waals surface area contributed by atoms with Crippen LogP contribution in [0.4, 0.5) is 0 Å². The number of aryl methyl sites for hydroxylation is 1. The summed E-state index contributed by atoms with van der Waals surface area (Å²) in [6.07, 6.45) is 0.831. The van der Waals surface area contributed by atoms with E-state index in [2.05, 4.69) is 4.72 Å². The molecule has 1 atom stereocenters. The second-order valence-electron chi connectivity index (χ2n) is 3.50. The fourth-order valence-electron chi connectivity index (χ4n) is 1.28. The van der Waals surface area contributed by atoms with Crippen LogP contribution < -0.4 is 4.72 Å². The van der Waals surface area contributed by atoms with Crippen LogP contribution in [-0.2, 0) is 21.2 Å². The predicted molar refractivity (Wildman–Crippen MR) is 70.4 cm³/mol. The summed E-state index contributed by atoms with van der Waals surface area (Å²) in [7, 11) is -1.97. The van der Waals surface area contributed by atoms with Crippen molar-refractivity contribution in [1.29, 1.82) is 0 Å². The minimum Gasteiger partial charge on any atom is -0.383 e. The molecule has 0 saturated carbocycles. The van der Waals surface area contributed by atoms with Gasteiger partial charge >= 0.3 is 0 Å². The Labute approximate surface area is 111 Å². The topological polar surface area (TPSA) is 55.4 Å². The summed E-state index contributed by atoms with van der Waals surface area (Å²) in [6.45, 7) is 2.25. The zero-order chi connectivity index (χ0) is 12.9. The summed E-state index contributed by atoms with van der Waals surface area (Å²) in [5.41, 5.74) is 0. The van der Waals surface area contributed by atoms with Crippen molar-refractivity contribution in [1.82, 2.24) is 4.72 Å². The molecular weight excluding hydrogens is 282 g/mol. The number of rotatable bonds is 7. The van der Waals surface area contributed by atoms with Crippen LogP contribution in [0.15, 0.2) is 16.3 Å². The van der Waals surface area contributed by atoms with E-state index in [1.54, 1.807) is 6.07 Å². The Balaban J connectivity index is 2.80. The van der Waals surface area contributed by atoms with Gasteiger partial charge in [-0.2, -0.15) is 0 Å². The number of ether oxygens (including phenoxy) is 1. The number of methoxy groups -OCH3 is 1. The zero-order valence-electron chi connectivity index (χ0n) is 9.77. The molecular formula is C10H16ClNO3S2. The highest BCUT2D eigenvalue weighted by Crippen LogP contribution is 2.22. The molecule has 1 rings (SSSR count). The average molecular weight is 298 g/mol. The summed E-state index contributed by atoms with van der Waals surface area (Å²) in [5, 5.41) is 0. The molecule has 1 aromatic heterocycles. The van der Waals surface area contributed by atoms with Gasteiger partial charge in [0.15, 0.2) is 0 Å². The molecule has 17 heavy (non-hydrogen) atoms. The van der Waals surface area contributed by atoms with Crippen molar-refractivity contribution in [3.8, 4) is 0 Å². The second kappa shape index (κ2) is 6.70. The van der Waals surface area contributed by atoms with Crippen molar-refractivity contribution in [3.63, 3.8) is 0 Å². The van der Waals surface area contributed by atoms with E-state index < -0.39 is 16.1 Å². The molecule has 1 N–H and O–H groups in total. The Morgan fingerprint density at radius 1 is 1.53 bits per heavy atom. The molecule has 0 fully saturated rings. The molecule has 0 aromatic carbocycles. The van der Waals surface area contributed by atoms with E-state index >= 15 is 0 Å². The van der Waals surface area contributed by atoms with Gasteiger partial charge in [-0.25, -0.2) is 13.1 Å². The molecule has 4 nitrogen and oxygen atoms in total. The molecule has 0 radical (unpaired) electrons. The molecule has 0 saturated heterocycles. The highest BCUT2D eigenvalue weighted by molar-refractivity contribution is 7.91. The van der Waals surface area contributed by atoms with Gasteiger partial charge in [0.05, 0.1) is 12.6 Å². The molecule has 0 bridgehead atoms. The first-order valence-corrected chi connectivity index (χ1v) is 8.02. The van der Waals surface area contributed by atoms with E-state index in [0.717, 1.165) is 11.3 Å². The molecule has 0 aliphatic heterocycles. The third kappa shape index (κ3) is 4.22. The fourth-order valence-corrected chi connectivity index (χ4v) is 4.07. The summed E-state index contributed by atoms with van der Waals surface area (Å²) >= 11 is 6.94. The second-order valence-corrected chi connectivity index (χ2v) is 6.92. The summed E-state index contributed by atoms with van der Waals surface area (Å²) in [4.78, 5) is 1.04. The average Bonchev–Trinajstić information content (AvgIpc) is 2.77. The molecule has 1 heterocycles. The van der Waals surface area contributed by atoms with E-state index in [0.29, 0.717) is 4.21 Å². The van der Waals surface area contributed by atoms with Gasteiger partial charge in [0, 0.05) is 17.9 Å². The van der Waals surface area contributed by atoms with E-state index in [1.807, 2.05) is 13.0 Å². The van der Waals surface area contributed by atoms with Gasteiger partial charge in [-0.1, -0.05) is 6.92 Å². The normalized spacial score (nSPS) is 13.8. The Morgan fingerprint density at radius 2 is 2.24 bits per heavy atom. The lowest BCUT2D eigenvalue weighted by atomic mass is 10.4. The molecule has 1 unspecified atom stereocenters. The van der Waals surface area contributed by atoms with Gasteiger partial charge < -0.3 is 4.74 Å². The fraction of sp³-hybridized carbons (Fsp3) is 0.600. The number of nitrogens with one attached hydrogen (secondary N) is 1. The first-order valence-electron chi connectivity index (χ1n) is 5.19. The van der Waals surface area contributed by atoms with Gasteiger partial charge in [0.2, 0.25) is 10.0 Å². The largest absolute Gasteiger partial charge is 0.383 e. The van der Waals surface area contributed by atoms with Crippen LogP contribution in [0.25, 0.3) is 0 Å². The highest BCUT2D eigenvalue weighted by atomic mass is 35.5. The van der Waals surface area contributed by atoms with Crippen LogP contribution >= 0.6 is 22.9 Å². The molecule has 0 aliphatic carbocycles. The van der Waals surface area contributed by atoms with Crippen LogP contribution in [0, 0.1) is 0 Å². The van der Waals surface area contributed by atoms with E-state index in [-0.39, 0.29) is 12.5 Å². The number of sulfonamides is 1. The molecule has 7 heteroatoms. The highest BCUT2D eigenvalue weighted by Gasteiger charge is 2.21. The minimum absolute atomic E-state index is 0.180. The number of hydrogen-bond donors (Lipinski definition) is 1. The monoisotopic (exact) mass is 297 g/mol. The Hall–Kier alpha value is -0.140.